The van der Waals surface area contributed by atoms with E-state index in [1.165, 1.54) is 6.04 Å². The summed E-state index contributed by atoms with van der Waals surface area (Å²) in [5, 5.41) is 0.288. The minimum Gasteiger partial charge on any atom is -0.357 e. The summed E-state index contributed by atoms with van der Waals surface area (Å²) in [4.78, 5) is 0. The van der Waals surface area contributed by atoms with Gasteiger partial charge < -0.3 is 9.47 Å². The lowest BCUT2D eigenvalue weighted by atomic mass is 10.4. The van der Waals surface area contributed by atoms with Gasteiger partial charge in [0.15, 0.2) is 0 Å². The minimum atomic E-state index is -0.268. The van der Waals surface area contributed by atoms with Crippen LogP contribution in [-0.2, 0) is 9.47 Å². The molecule has 0 aromatic rings. The predicted octanol–water partition coefficient (Wildman–Crippen LogP) is 1.95. The number of hydrogen-bond donors (Lipinski definition) is 0. The number of rotatable bonds is 8. The van der Waals surface area contributed by atoms with E-state index >= 15 is 0 Å². The highest BCUT2D eigenvalue weighted by Crippen LogP contribution is 2.06. The van der Waals surface area contributed by atoms with Crippen LogP contribution in [0.15, 0.2) is 0 Å². The van der Waals surface area contributed by atoms with Crippen molar-refractivity contribution in [3.63, 3.8) is 0 Å². The molecule has 0 radical (unpaired) electrons. The monoisotopic (exact) mass is 224 g/mol. The van der Waals surface area contributed by atoms with Crippen molar-refractivity contribution in [3.05, 3.63) is 0 Å². The standard InChI is InChI=1S/C9H21ClO2Si/c1-4-11-9(12-5-2)13-7-6-8(3)10/h8-9H,4-7,13H2,1-3H3. The second-order valence-electron chi connectivity index (χ2n) is 3.05. The largest absolute Gasteiger partial charge is 0.357 e. The van der Waals surface area contributed by atoms with Gasteiger partial charge in [0, 0.05) is 18.6 Å². The molecule has 0 aliphatic carbocycles. The fourth-order valence-corrected chi connectivity index (χ4v) is 3.55. The highest BCUT2D eigenvalue weighted by molar-refractivity contribution is 6.36. The lowest BCUT2D eigenvalue weighted by Gasteiger charge is -2.16. The summed E-state index contributed by atoms with van der Waals surface area (Å²) in [6.45, 7) is 7.53. The number of halogens is 1. The Morgan fingerprint density at radius 3 is 2.15 bits per heavy atom. The highest BCUT2D eigenvalue weighted by Gasteiger charge is 2.08. The molecule has 13 heavy (non-hydrogen) atoms. The second-order valence-corrected chi connectivity index (χ2v) is 5.75. The quantitative estimate of drug-likeness (QED) is 0.357. The van der Waals surface area contributed by atoms with E-state index in [2.05, 4.69) is 0 Å². The molecule has 2 nitrogen and oxygen atoms in total. The van der Waals surface area contributed by atoms with Crippen LogP contribution in [0.3, 0.4) is 0 Å². The van der Waals surface area contributed by atoms with Gasteiger partial charge in [-0.25, -0.2) is 0 Å². The van der Waals surface area contributed by atoms with Crippen molar-refractivity contribution in [3.8, 4) is 0 Å². The van der Waals surface area contributed by atoms with E-state index in [9.17, 15) is 0 Å². The lowest BCUT2D eigenvalue weighted by Crippen LogP contribution is -2.24. The van der Waals surface area contributed by atoms with Crippen LogP contribution in [0.1, 0.15) is 27.2 Å². The van der Waals surface area contributed by atoms with Gasteiger partial charge in [0.1, 0.15) is 5.91 Å². The van der Waals surface area contributed by atoms with Gasteiger partial charge in [0.2, 0.25) is 0 Å². The van der Waals surface area contributed by atoms with Crippen LogP contribution in [0, 0.1) is 0 Å². The summed E-state index contributed by atoms with van der Waals surface area (Å²) in [6.07, 6.45) is 1.09. The van der Waals surface area contributed by atoms with Crippen molar-refractivity contribution in [1.29, 1.82) is 0 Å². The molecule has 0 saturated heterocycles. The second kappa shape index (κ2) is 9.00. The van der Waals surface area contributed by atoms with E-state index in [1.54, 1.807) is 0 Å². The Labute approximate surface area is 88.8 Å². The first kappa shape index (κ1) is 13.4. The molecule has 4 heteroatoms. The van der Waals surface area contributed by atoms with Gasteiger partial charge in [-0.2, -0.15) is 0 Å². The summed E-state index contributed by atoms with van der Waals surface area (Å²) in [5.74, 6) is 0.102. The molecule has 0 fully saturated rings. The Morgan fingerprint density at radius 2 is 1.77 bits per heavy atom. The number of ether oxygens (including phenoxy) is 2. The average Bonchev–Trinajstić information content (AvgIpc) is 2.04. The summed E-state index contributed by atoms with van der Waals surface area (Å²) >= 11 is 5.86. The van der Waals surface area contributed by atoms with E-state index in [1.807, 2.05) is 20.8 Å². The summed E-state index contributed by atoms with van der Waals surface area (Å²) in [7, 11) is -0.268. The van der Waals surface area contributed by atoms with Crippen LogP contribution in [0.4, 0.5) is 0 Å². The predicted molar refractivity (Wildman–Crippen MR) is 60.3 cm³/mol. The summed E-state index contributed by atoms with van der Waals surface area (Å²) in [5.41, 5.74) is 0. The third-order valence-electron chi connectivity index (χ3n) is 1.75. The molecule has 0 saturated carbocycles. The first-order chi connectivity index (χ1) is 6.20. The van der Waals surface area contributed by atoms with Crippen molar-refractivity contribution in [1.82, 2.24) is 0 Å². The van der Waals surface area contributed by atoms with Crippen molar-refractivity contribution in [2.75, 3.05) is 13.2 Å². The molecule has 0 bridgehead atoms. The average molecular weight is 225 g/mol. The molecule has 0 aliphatic rings. The molecule has 80 valence electrons. The lowest BCUT2D eigenvalue weighted by molar-refractivity contribution is -0.0827. The highest BCUT2D eigenvalue weighted by atomic mass is 35.5. The molecular formula is C9H21ClO2Si. The van der Waals surface area contributed by atoms with Gasteiger partial charge in [-0.1, -0.05) is 6.04 Å². The fourth-order valence-electron chi connectivity index (χ4n) is 1.15. The first-order valence-electron chi connectivity index (χ1n) is 5.08. The summed E-state index contributed by atoms with van der Waals surface area (Å²) in [6, 6.07) is 1.20. The Kier molecular flexibility index (Phi) is 9.30. The smallest absolute Gasteiger partial charge is 0.134 e. The molecule has 0 spiro atoms. The maximum absolute atomic E-state index is 5.86. The van der Waals surface area contributed by atoms with Gasteiger partial charge in [-0.3, -0.25) is 0 Å². The zero-order valence-electron chi connectivity index (χ0n) is 8.88. The van der Waals surface area contributed by atoms with E-state index in [-0.39, 0.29) is 20.8 Å². The van der Waals surface area contributed by atoms with Gasteiger partial charge in [-0.05, 0) is 27.2 Å². The Bertz CT molecular complexity index is 106. The van der Waals surface area contributed by atoms with Crippen molar-refractivity contribution < 1.29 is 9.47 Å². The molecule has 0 aromatic carbocycles. The first-order valence-corrected chi connectivity index (χ1v) is 7.33. The zero-order chi connectivity index (χ0) is 10.1. The van der Waals surface area contributed by atoms with Crippen LogP contribution in [0.5, 0.6) is 0 Å². The van der Waals surface area contributed by atoms with E-state index in [0.717, 1.165) is 19.6 Å². The number of hydrogen-bond acceptors (Lipinski definition) is 2. The SMILES string of the molecule is CCOC(OCC)[SiH2]CCC(C)Cl. The minimum absolute atomic E-state index is 0.102. The van der Waals surface area contributed by atoms with E-state index in [4.69, 9.17) is 21.1 Å². The van der Waals surface area contributed by atoms with Crippen molar-refractivity contribution in [2.45, 2.75) is 44.5 Å². The van der Waals surface area contributed by atoms with Gasteiger partial charge in [-0.15, -0.1) is 11.6 Å². The zero-order valence-corrected chi connectivity index (χ0v) is 11.1. The molecule has 0 aliphatic heterocycles. The molecule has 0 rings (SSSR count). The van der Waals surface area contributed by atoms with Crippen LogP contribution in [0.25, 0.3) is 0 Å². The molecule has 0 amide bonds. The normalized spacial score (nSPS) is 14.5. The van der Waals surface area contributed by atoms with Gasteiger partial charge in [0.25, 0.3) is 0 Å². The Balaban J connectivity index is 3.44. The third-order valence-corrected chi connectivity index (χ3v) is 3.72. The Morgan fingerprint density at radius 1 is 1.23 bits per heavy atom. The van der Waals surface area contributed by atoms with Crippen LogP contribution in [-0.4, -0.2) is 34.0 Å². The van der Waals surface area contributed by atoms with Gasteiger partial charge >= 0.3 is 0 Å². The molecular weight excluding hydrogens is 204 g/mol. The van der Waals surface area contributed by atoms with Gasteiger partial charge in [0.05, 0.1) is 9.52 Å². The maximum atomic E-state index is 5.86. The number of alkyl halides is 1. The van der Waals surface area contributed by atoms with Crippen LogP contribution >= 0.6 is 11.6 Å². The molecule has 1 unspecified atom stereocenters. The van der Waals surface area contributed by atoms with Crippen molar-refractivity contribution in [2.24, 2.45) is 0 Å². The molecule has 0 N–H and O–H groups in total. The van der Waals surface area contributed by atoms with E-state index < -0.39 is 0 Å². The third kappa shape index (κ3) is 8.75. The molecule has 1 atom stereocenters. The molecule has 0 aromatic heterocycles. The maximum Gasteiger partial charge on any atom is 0.134 e. The fraction of sp³-hybridized carbons (Fsp3) is 1.00. The molecule has 0 heterocycles. The van der Waals surface area contributed by atoms with Crippen molar-refractivity contribution >= 4 is 21.1 Å². The van der Waals surface area contributed by atoms with Crippen LogP contribution < -0.4 is 0 Å². The topological polar surface area (TPSA) is 18.5 Å². The van der Waals surface area contributed by atoms with E-state index in [0.29, 0.717) is 0 Å². The Hall–Kier alpha value is 0.427. The van der Waals surface area contributed by atoms with Crippen LogP contribution in [0.2, 0.25) is 6.04 Å². The summed E-state index contributed by atoms with van der Waals surface area (Å²) < 4.78 is 10.9.